The Bertz CT molecular complexity index is 1860. The molecule has 1 aromatic heterocycles. The van der Waals surface area contributed by atoms with Crippen molar-refractivity contribution in [3.8, 4) is 5.75 Å². The van der Waals surface area contributed by atoms with E-state index in [-0.39, 0.29) is 28.7 Å². The van der Waals surface area contributed by atoms with Crippen LogP contribution in [0.4, 0.5) is 5.69 Å². The van der Waals surface area contributed by atoms with Gasteiger partial charge in [0.05, 0.1) is 28.8 Å². The van der Waals surface area contributed by atoms with E-state index in [9.17, 15) is 18.3 Å². The van der Waals surface area contributed by atoms with Gasteiger partial charge in [-0.2, -0.15) is 0 Å². The number of aliphatic hydroxyl groups is 1. The van der Waals surface area contributed by atoms with Crippen LogP contribution in [0.5, 0.6) is 5.75 Å². The van der Waals surface area contributed by atoms with Crippen molar-refractivity contribution in [3.05, 3.63) is 87.8 Å². The first-order valence-electron chi connectivity index (χ1n) is 17.0. The Morgan fingerprint density at radius 2 is 1.98 bits per heavy atom. The van der Waals surface area contributed by atoms with Crippen LogP contribution in [0, 0.1) is 24.7 Å². The summed E-state index contributed by atoms with van der Waals surface area (Å²) in [4.78, 5) is 15.8. The van der Waals surface area contributed by atoms with Crippen LogP contribution in [-0.4, -0.2) is 55.1 Å². The standard InChI is InChI=1S/C37H44ClN3O6S/c1-23-6-4-15-37(43,19-30-16-24(2)47-39-30)32-11-8-28(32)20-41-21-36(14-5-7-26-17-29(38)10-12-31(26)36)22-46-34-13-9-27(18-33(34)41)35(42)40-48(44,45)25(23)3/h4,9-10,12-13,15-18,23,25,28,32,43H,5-8,11,14,19-22H2,1-3H3,(H,40,42)/b15-4+/t23-,25+,28-,32+,36-,37+/m0/s1. The van der Waals surface area contributed by atoms with Gasteiger partial charge in [-0.15, -0.1) is 0 Å². The second-order valence-electron chi connectivity index (χ2n) is 14.6. The van der Waals surface area contributed by atoms with Gasteiger partial charge in [-0.1, -0.05) is 41.9 Å². The number of rotatable bonds is 2. The van der Waals surface area contributed by atoms with E-state index in [2.05, 4.69) is 26.9 Å². The summed E-state index contributed by atoms with van der Waals surface area (Å²) in [7, 11) is -3.99. The maximum atomic E-state index is 13.5. The van der Waals surface area contributed by atoms with Crippen molar-refractivity contribution < 1.29 is 27.6 Å². The third kappa shape index (κ3) is 6.16. The minimum atomic E-state index is -3.99. The van der Waals surface area contributed by atoms with Crippen LogP contribution in [0.1, 0.15) is 78.9 Å². The van der Waals surface area contributed by atoms with E-state index in [0.717, 1.165) is 42.8 Å². The molecule has 2 aliphatic carbocycles. The predicted molar refractivity (Wildman–Crippen MR) is 185 cm³/mol. The Balaban J connectivity index is 1.32. The number of nitrogens with one attached hydrogen (secondary N) is 1. The van der Waals surface area contributed by atoms with Gasteiger partial charge in [0.15, 0.2) is 0 Å². The Labute approximate surface area is 287 Å². The molecular formula is C37H44ClN3O6S. The monoisotopic (exact) mass is 693 g/mol. The number of halogens is 1. The Morgan fingerprint density at radius 1 is 1.15 bits per heavy atom. The van der Waals surface area contributed by atoms with Crippen LogP contribution in [-0.2, 0) is 28.3 Å². The average molecular weight is 694 g/mol. The molecule has 2 aromatic carbocycles. The molecule has 4 aliphatic rings. The molecular weight excluding hydrogens is 650 g/mol. The number of anilines is 1. The topological polar surface area (TPSA) is 122 Å². The number of allylic oxidation sites excluding steroid dienone is 1. The number of ether oxygens (including phenoxy) is 1. The zero-order valence-corrected chi connectivity index (χ0v) is 29.3. The predicted octanol–water partition coefficient (Wildman–Crippen LogP) is 6.15. The van der Waals surface area contributed by atoms with Gasteiger partial charge in [0.1, 0.15) is 11.5 Å². The molecule has 3 aromatic rings. The minimum absolute atomic E-state index is 0.0670. The number of benzene rings is 2. The number of aromatic nitrogens is 1. The molecule has 256 valence electrons. The van der Waals surface area contributed by atoms with E-state index >= 15 is 0 Å². The fourth-order valence-electron chi connectivity index (χ4n) is 8.35. The number of nitrogens with zero attached hydrogens (tertiary/aromatic N) is 2. The van der Waals surface area contributed by atoms with Crippen molar-refractivity contribution in [1.29, 1.82) is 0 Å². The van der Waals surface area contributed by atoms with Gasteiger partial charge in [0.25, 0.3) is 5.91 Å². The van der Waals surface area contributed by atoms with Crippen molar-refractivity contribution in [1.82, 2.24) is 9.88 Å². The van der Waals surface area contributed by atoms with Gasteiger partial charge in [0, 0.05) is 41.6 Å². The number of amides is 1. The summed E-state index contributed by atoms with van der Waals surface area (Å²) in [5.74, 6) is 0.445. The van der Waals surface area contributed by atoms with E-state index in [0.29, 0.717) is 49.7 Å². The third-order valence-electron chi connectivity index (χ3n) is 11.4. The van der Waals surface area contributed by atoms with E-state index in [1.54, 1.807) is 25.1 Å². The van der Waals surface area contributed by atoms with Gasteiger partial charge in [0.2, 0.25) is 10.0 Å². The summed E-state index contributed by atoms with van der Waals surface area (Å²) < 4.78 is 41.1. The largest absolute Gasteiger partial charge is 0.490 e. The second-order valence-corrected chi connectivity index (χ2v) is 17.1. The Hall–Kier alpha value is -3.34. The summed E-state index contributed by atoms with van der Waals surface area (Å²) in [5.41, 5.74) is 2.63. The highest BCUT2D eigenvalue weighted by Gasteiger charge is 2.48. The fourth-order valence-corrected chi connectivity index (χ4v) is 9.83. The minimum Gasteiger partial charge on any atom is -0.490 e. The number of aryl methyl sites for hydroxylation is 2. The molecule has 1 fully saturated rings. The highest BCUT2D eigenvalue weighted by atomic mass is 35.5. The highest BCUT2D eigenvalue weighted by molar-refractivity contribution is 7.90. The lowest BCUT2D eigenvalue weighted by atomic mass is 9.62. The van der Waals surface area contributed by atoms with E-state index in [4.69, 9.17) is 20.9 Å². The lowest BCUT2D eigenvalue weighted by molar-refractivity contribution is -0.0456. The number of hydrogen-bond donors (Lipinski definition) is 2. The molecule has 3 heterocycles. The number of sulfonamides is 1. The SMILES string of the molecule is Cc1cc(C[C@]2(O)/C=C/C[C@H](C)[C@@H](C)S(=O)(=O)NC(=O)c3ccc4c(c3)N(C[C@@H]3CC[C@H]32)C[C@@]2(CCCc3cc(Cl)ccc32)CO4)no1. The molecule has 7 rings (SSSR count). The maximum Gasteiger partial charge on any atom is 0.264 e. The first-order valence-corrected chi connectivity index (χ1v) is 19.0. The zero-order chi connectivity index (χ0) is 33.8. The molecule has 2 bridgehead atoms. The molecule has 48 heavy (non-hydrogen) atoms. The van der Waals surface area contributed by atoms with Crippen molar-refractivity contribution in [3.63, 3.8) is 0 Å². The Morgan fingerprint density at radius 3 is 2.73 bits per heavy atom. The fraction of sp³-hybridized carbons (Fsp3) is 0.514. The summed E-state index contributed by atoms with van der Waals surface area (Å²) in [6, 6.07) is 13.2. The third-order valence-corrected chi connectivity index (χ3v) is 13.5. The average Bonchev–Trinajstić information content (AvgIpc) is 3.36. The molecule has 9 nitrogen and oxygen atoms in total. The summed E-state index contributed by atoms with van der Waals surface area (Å²) in [6.07, 6.45) is 9.12. The zero-order valence-electron chi connectivity index (χ0n) is 27.7. The van der Waals surface area contributed by atoms with E-state index in [1.807, 2.05) is 38.1 Å². The number of carbonyl (C=O) groups excluding carboxylic acids is 1. The summed E-state index contributed by atoms with van der Waals surface area (Å²) >= 11 is 6.44. The smallest absolute Gasteiger partial charge is 0.264 e. The highest BCUT2D eigenvalue weighted by Crippen LogP contribution is 2.49. The van der Waals surface area contributed by atoms with Gasteiger partial charge in [-0.3, -0.25) is 4.79 Å². The summed E-state index contributed by atoms with van der Waals surface area (Å²) in [5, 5.41) is 16.5. The Kier molecular flexibility index (Phi) is 8.65. The molecule has 2 aliphatic heterocycles. The molecule has 1 amide bonds. The van der Waals surface area contributed by atoms with Crippen molar-refractivity contribution in [2.24, 2.45) is 17.8 Å². The van der Waals surface area contributed by atoms with E-state index in [1.165, 1.54) is 11.1 Å². The van der Waals surface area contributed by atoms with Crippen LogP contribution in [0.2, 0.25) is 5.02 Å². The molecule has 6 atom stereocenters. The van der Waals surface area contributed by atoms with Crippen LogP contribution >= 0.6 is 11.6 Å². The molecule has 0 radical (unpaired) electrons. The molecule has 1 saturated carbocycles. The normalized spacial score (nSPS) is 32.2. The van der Waals surface area contributed by atoms with Crippen LogP contribution < -0.4 is 14.4 Å². The van der Waals surface area contributed by atoms with Gasteiger partial charge in [-0.25, -0.2) is 13.1 Å². The molecule has 1 spiro atoms. The second kappa shape index (κ2) is 12.5. The quantitative estimate of drug-likeness (QED) is 0.307. The lowest BCUT2D eigenvalue weighted by Gasteiger charge is -2.49. The van der Waals surface area contributed by atoms with Crippen molar-refractivity contribution >= 4 is 33.2 Å². The van der Waals surface area contributed by atoms with Crippen LogP contribution in [0.15, 0.2) is 59.1 Å². The van der Waals surface area contributed by atoms with Gasteiger partial charge >= 0.3 is 0 Å². The first-order chi connectivity index (χ1) is 22.9. The molecule has 2 N–H and O–H groups in total. The van der Waals surface area contributed by atoms with Gasteiger partial charge in [-0.05, 0) is 112 Å². The first kappa shape index (κ1) is 33.2. The summed E-state index contributed by atoms with van der Waals surface area (Å²) in [6.45, 7) is 7.05. The number of hydrogen-bond acceptors (Lipinski definition) is 8. The maximum absolute atomic E-state index is 13.5. The lowest BCUT2D eigenvalue weighted by Crippen LogP contribution is -2.53. The molecule has 0 saturated heterocycles. The van der Waals surface area contributed by atoms with Crippen LogP contribution in [0.25, 0.3) is 0 Å². The molecule has 0 unspecified atom stereocenters. The van der Waals surface area contributed by atoms with E-state index < -0.39 is 26.8 Å². The number of carbonyl (C=O) groups is 1. The number of fused-ring (bicyclic) bond motifs is 4. The molecule has 11 heteroatoms. The van der Waals surface area contributed by atoms with Gasteiger partial charge < -0.3 is 19.3 Å². The van der Waals surface area contributed by atoms with Crippen molar-refractivity contribution in [2.75, 3.05) is 24.6 Å². The van der Waals surface area contributed by atoms with Crippen LogP contribution in [0.3, 0.4) is 0 Å². The van der Waals surface area contributed by atoms with Crippen molar-refractivity contribution in [2.45, 2.75) is 82.0 Å².